The molecule has 1 aromatic heterocycles. The lowest BCUT2D eigenvalue weighted by Gasteiger charge is -2.57. The predicted molar refractivity (Wildman–Crippen MR) is 93.5 cm³/mol. The van der Waals surface area contributed by atoms with Crippen LogP contribution in [0.5, 0.6) is 0 Å². The summed E-state index contributed by atoms with van der Waals surface area (Å²) in [7, 11) is 0. The monoisotopic (exact) mass is 329 g/mol. The van der Waals surface area contributed by atoms with Crippen LogP contribution >= 0.6 is 11.3 Å². The smallest absolute Gasteiger partial charge is 0.228 e. The maximum atomic E-state index is 13.4. The number of hydrogen-bond acceptors (Lipinski definition) is 2. The van der Waals surface area contributed by atoms with E-state index in [9.17, 15) is 4.79 Å². The van der Waals surface area contributed by atoms with Gasteiger partial charge in [-0.25, -0.2) is 0 Å². The lowest BCUT2D eigenvalue weighted by molar-refractivity contribution is -0.158. The molecule has 0 aromatic carbocycles. The van der Waals surface area contributed by atoms with Gasteiger partial charge in [0.05, 0.1) is 5.41 Å². The van der Waals surface area contributed by atoms with E-state index in [4.69, 9.17) is 0 Å². The van der Waals surface area contributed by atoms with Gasteiger partial charge in [-0.05, 0) is 86.5 Å². The minimum absolute atomic E-state index is 0.0600. The second-order valence-corrected chi connectivity index (χ2v) is 9.76. The molecule has 2 heterocycles. The Morgan fingerprint density at radius 2 is 1.65 bits per heavy atom. The first-order valence-corrected chi connectivity index (χ1v) is 10.4. The maximum absolute atomic E-state index is 13.4. The number of piperidine rings is 1. The Bertz CT molecular complexity index is 550. The fraction of sp³-hybridized carbons (Fsp3) is 0.750. The fourth-order valence-electron chi connectivity index (χ4n) is 6.60. The summed E-state index contributed by atoms with van der Waals surface area (Å²) in [5, 5.41) is 2.18. The van der Waals surface area contributed by atoms with Crippen LogP contribution in [0.1, 0.15) is 62.2 Å². The van der Waals surface area contributed by atoms with E-state index < -0.39 is 0 Å². The van der Waals surface area contributed by atoms with Crippen molar-refractivity contribution in [3.8, 4) is 0 Å². The van der Waals surface area contributed by atoms with Crippen molar-refractivity contribution in [2.75, 3.05) is 13.1 Å². The molecule has 1 amide bonds. The van der Waals surface area contributed by atoms with Gasteiger partial charge in [-0.15, -0.1) is 11.3 Å². The molecule has 0 spiro atoms. The Morgan fingerprint density at radius 3 is 2.17 bits per heavy atom. The van der Waals surface area contributed by atoms with Crippen molar-refractivity contribution in [2.24, 2.45) is 23.2 Å². The SMILES string of the molecule is O=C(N1CCC(c2cccs2)CC1)C12CC3CC(CC(C3)C1)C2. The highest BCUT2D eigenvalue weighted by Crippen LogP contribution is 2.60. The van der Waals surface area contributed by atoms with Crippen molar-refractivity contribution in [1.29, 1.82) is 0 Å². The van der Waals surface area contributed by atoms with E-state index in [1.807, 2.05) is 11.3 Å². The van der Waals surface area contributed by atoms with E-state index in [0.717, 1.165) is 30.8 Å². The predicted octanol–water partition coefficient (Wildman–Crippen LogP) is 4.67. The van der Waals surface area contributed by atoms with Gasteiger partial charge in [0.15, 0.2) is 0 Å². The van der Waals surface area contributed by atoms with Crippen molar-refractivity contribution in [3.63, 3.8) is 0 Å². The van der Waals surface area contributed by atoms with Gasteiger partial charge in [-0.1, -0.05) is 6.07 Å². The second kappa shape index (κ2) is 5.34. The lowest BCUT2D eigenvalue weighted by atomic mass is 9.49. The molecule has 5 fully saturated rings. The van der Waals surface area contributed by atoms with Crippen LogP contribution in [0.25, 0.3) is 0 Å². The summed E-state index contributed by atoms with van der Waals surface area (Å²) in [6, 6.07) is 4.43. The molecule has 6 rings (SSSR count). The first kappa shape index (κ1) is 14.5. The van der Waals surface area contributed by atoms with Gasteiger partial charge >= 0.3 is 0 Å². The average molecular weight is 330 g/mol. The van der Waals surface area contributed by atoms with Gasteiger partial charge in [0.2, 0.25) is 5.91 Å². The van der Waals surface area contributed by atoms with Crippen molar-refractivity contribution >= 4 is 17.2 Å². The number of carbonyl (C=O) groups is 1. The first-order chi connectivity index (χ1) is 11.2. The first-order valence-electron chi connectivity index (χ1n) is 9.55. The zero-order valence-electron chi connectivity index (χ0n) is 13.9. The number of likely N-dealkylation sites (tertiary alicyclic amines) is 1. The molecule has 1 aromatic rings. The van der Waals surface area contributed by atoms with E-state index in [2.05, 4.69) is 22.4 Å². The molecule has 4 bridgehead atoms. The summed E-state index contributed by atoms with van der Waals surface area (Å²) in [6.07, 6.45) is 10.2. The molecule has 124 valence electrons. The summed E-state index contributed by atoms with van der Waals surface area (Å²) in [5.74, 6) is 3.84. The van der Waals surface area contributed by atoms with Gasteiger partial charge in [-0.3, -0.25) is 4.79 Å². The molecule has 2 nitrogen and oxygen atoms in total. The molecule has 0 N–H and O–H groups in total. The largest absolute Gasteiger partial charge is 0.342 e. The molecule has 0 unspecified atom stereocenters. The molecular weight excluding hydrogens is 302 g/mol. The molecule has 23 heavy (non-hydrogen) atoms. The van der Waals surface area contributed by atoms with Crippen LogP contribution in [-0.4, -0.2) is 23.9 Å². The summed E-state index contributed by atoms with van der Waals surface area (Å²) in [6.45, 7) is 1.98. The number of hydrogen-bond donors (Lipinski definition) is 0. The number of nitrogens with zero attached hydrogens (tertiary/aromatic N) is 1. The third kappa shape index (κ3) is 2.38. The quantitative estimate of drug-likeness (QED) is 0.772. The van der Waals surface area contributed by atoms with Crippen LogP contribution in [0, 0.1) is 23.2 Å². The number of thiophene rings is 1. The van der Waals surface area contributed by atoms with Crippen molar-refractivity contribution in [1.82, 2.24) is 4.90 Å². The minimum Gasteiger partial charge on any atom is -0.342 e. The van der Waals surface area contributed by atoms with Crippen molar-refractivity contribution < 1.29 is 4.79 Å². The standard InChI is InChI=1S/C20H27NOS/c22-19(20-11-14-8-15(12-20)10-16(9-14)13-20)21-5-3-17(4-6-21)18-2-1-7-23-18/h1-2,7,14-17H,3-6,8-13H2. The van der Waals surface area contributed by atoms with E-state index in [1.165, 1.54) is 56.2 Å². The van der Waals surface area contributed by atoms with Crippen LogP contribution in [-0.2, 0) is 4.79 Å². The van der Waals surface area contributed by atoms with E-state index >= 15 is 0 Å². The molecule has 0 atom stereocenters. The normalized spacial score (nSPS) is 39.8. The summed E-state index contributed by atoms with van der Waals surface area (Å²) in [4.78, 5) is 17.1. The number of amides is 1. The zero-order valence-corrected chi connectivity index (χ0v) is 14.7. The topological polar surface area (TPSA) is 20.3 Å². The van der Waals surface area contributed by atoms with E-state index in [-0.39, 0.29) is 5.41 Å². The van der Waals surface area contributed by atoms with Gasteiger partial charge in [0, 0.05) is 18.0 Å². The van der Waals surface area contributed by atoms with Crippen molar-refractivity contribution in [2.45, 2.75) is 57.3 Å². The van der Waals surface area contributed by atoms with Crippen LogP contribution in [0.4, 0.5) is 0 Å². The van der Waals surface area contributed by atoms with Crippen LogP contribution < -0.4 is 0 Å². The molecular formula is C20H27NOS. The highest BCUT2D eigenvalue weighted by molar-refractivity contribution is 7.10. The lowest BCUT2D eigenvalue weighted by Crippen LogP contribution is -2.55. The highest BCUT2D eigenvalue weighted by Gasteiger charge is 2.55. The Balaban J connectivity index is 1.29. The number of carbonyl (C=O) groups excluding carboxylic acids is 1. The summed E-state index contributed by atoms with van der Waals surface area (Å²) in [5.41, 5.74) is 0.0600. The Labute approximate surface area is 143 Å². The minimum atomic E-state index is 0.0600. The Hall–Kier alpha value is -0.830. The molecule has 5 aliphatic rings. The summed E-state index contributed by atoms with van der Waals surface area (Å²) >= 11 is 1.88. The Morgan fingerprint density at radius 1 is 1.04 bits per heavy atom. The molecule has 4 aliphatic carbocycles. The maximum Gasteiger partial charge on any atom is 0.228 e. The summed E-state index contributed by atoms with van der Waals surface area (Å²) < 4.78 is 0. The van der Waals surface area contributed by atoms with Gasteiger partial charge in [0.1, 0.15) is 0 Å². The molecule has 0 radical (unpaired) electrons. The fourth-order valence-corrected chi connectivity index (χ4v) is 7.50. The van der Waals surface area contributed by atoms with Gasteiger partial charge < -0.3 is 4.90 Å². The van der Waals surface area contributed by atoms with Crippen molar-refractivity contribution in [3.05, 3.63) is 22.4 Å². The van der Waals surface area contributed by atoms with E-state index in [1.54, 1.807) is 0 Å². The number of rotatable bonds is 2. The Kier molecular flexibility index (Phi) is 3.37. The second-order valence-electron chi connectivity index (χ2n) is 8.78. The van der Waals surface area contributed by atoms with Crippen LogP contribution in [0.2, 0.25) is 0 Å². The molecule has 1 saturated heterocycles. The zero-order chi connectivity index (χ0) is 15.4. The third-order valence-corrected chi connectivity index (χ3v) is 8.25. The molecule has 3 heteroatoms. The molecule has 1 aliphatic heterocycles. The van der Waals surface area contributed by atoms with Gasteiger partial charge in [-0.2, -0.15) is 0 Å². The van der Waals surface area contributed by atoms with E-state index in [0.29, 0.717) is 11.8 Å². The highest BCUT2D eigenvalue weighted by atomic mass is 32.1. The third-order valence-electron chi connectivity index (χ3n) is 7.22. The van der Waals surface area contributed by atoms with Crippen LogP contribution in [0.15, 0.2) is 17.5 Å². The van der Waals surface area contributed by atoms with Crippen LogP contribution in [0.3, 0.4) is 0 Å². The molecule has 4 saturated carbocycles. The van der Waals surface area contributed by atoms with Gasteiger partial charge in [0.25, 0.3) is 0 Å². The average Bonchev–Trinajstić information content (AvgIpc) is 3.07.